The average Bonchev–Trinajstić information content (AvgIpc) is 2.65. The van der Waals surface area contributed by atoms with Crippen LogP contribution in [0.3, 0.4) is 0 Å². The molecule has 0 radical (unpaired) electrons. The zero-order valence-corrected chi connectivity index (χ0v) is 9.18. The summed E-state index contributed by atoms with van der Waals surface area (Å²) >= 11 is 5.61. The number of aliphatic hydroxyl groups excluding tert-OH is 1. The van der Waals surface area contributed by atoms with Crippen molar-refractivity contribution in [1.29, 1.82) is 0 Å². The first-order valence-electron chi connectivity index (χ1n) is 3.79. The number of aliphatic hydroxyl groups is 1. The van der Waals surface area contributed by atoms with Crippen LogP contribution in [0.25, 0.3) is 10.2 Å². The summed E-state index contributed by atoms with van der Waals surface area (Å²) in [5.74, 6) is 0. The molecule has 74 valence electrons. The number of hydrogen-bond acceptors (Lipinski definition) is 5. The third-order valence-corrected chi connectivity index (χ3v) is 2.82. The van der Waals surface area contributed by atoms with Crippen LogP contribution in [0.1, 0.15) is 9.80 Å². The fourth-order valence-corrected chi connectivity index (χ4v) is 2.14. The molecule has 0 aliphatic rings. The fraction of sp³-hybridized carbons (Fsp3) is 0.111. The second-order valence-corrected chi connectivity index (χ2v) is 3.84. The predicted molar refractivity (Wildman–Crippen MR) is 60.4 cm³/mol. The van der Waals surface area contributed by atoms with E-state index in [-0.39, 0.29) is 0 Å². The lowest BCUT2D eigenvalue weighted by Gasteiger charge is -1.89. The second kappa shape index (κ2) is 5.09. The van der Waals surface area contributed by atoms with Crippen LogP contribution in [0.15, 0.2) is 23.1 Å². The van der Waals surface area contributed by atoms with Crippen molar-refractivity contribution in [2.45, 2.75) is 4.90 Å². The number of aldehydes is 1. The Kier molecular flexibility index (Phi) is 4.06. The van der Waals surface area contributed by atoms with Gasteiger partial charge in [-0.25, -0.2) is 4.98 Å². The molecular weight excluding hydrogens is 218 g/mol. The minimum absolute atomic E-state index is 0.506. The maximum atomic E-state index is 10.4. The summed E-state index contributed by atoms with van der Waals surface area (Å²) in [4.78, 5) is 15.3. The van der Waals surface area contributed by atoms with Gasteiger partial charge in [0.15, 0.2) is 11.3 Å². The largest absolute Gasteiger partial charge is 0.400 e. The number of benzene rings is 1. The highest BCUT2D eigenvalue weighted by atomic mass is 32.1. The predicted octanol–water partition coefficient (Wildman–Crippen LogP) is 2.01. The molecule has 2 rings (SSSR count). The van der Waals surface area contributed by atoms with Crippen LogP contribution in [-0.4, -0.2) is 23.5 Å². The zero-order chi connectivity index (χ0) is 10.6. The van der Waals surface area contributed by atoms with E-state index in [4.69, 9.17) is 5.11 Å². The molecule has 0 atom stereocenters. The Morgan fingerprint density at radius 2 is 2.21 bits per heavy atom. The van der Waals surface area contributed by atoms with Gasteiger partial charge in [-0.15, -0.1) is 24.0 Å². The number of carbonyl (C=O) groups is 1. The lowest BCUT2D eigenvalue weighted by atomic mass is 10.3. The molecule has 2 aromatic rings. The topological polar surface area (TPSA) is 50.2 Å². The molecular formula is C9H9NO2S2. The summed E-state index contributed by atoms with van der Waals surface area (Å²) in [5, 5.41) is 7.51. The molecule has 1 aromatic carbocycles. The summed E-state index contributed by atoms with van der Waals surface area (Å²) in [6, 6.07) is 5.69. The van der Waals surface area contributed by atoms with Crippen molar-refractivity contribution in [1.82, 2.24) is 4.98 Å². The number of fused-ring (bicyclic) bond motifs is 1. The molecule has 1 N–H and O–H groups in total. The smallest absolute Gasteiger partial charge is 0.178 e. The molecule has 5 heteroatoms. The van der Waals surface area contributed by atoms with Crippen molar-refractivity contribution in [2.24, 2.45) is 0 Å². The molecule has 1 heterocycles. The molecule has 0 saturated heterocycles. The van der Waals surface area contributed by atoms with E-state index in [9.17, 15) is 4.79 Å². The van der Waals surface area contributed by atoms with Crippen LogP contribution < -0.4 is 0 Å². The first kappa shape index (κ1) is 11.2. The Morgan fingerprint density at radius 3 is 2.79 bits per heavy atom. The SMILES string of the molecule is CO.O=Cc1nc2c(S)cccc2s1. The molecule has 0 spiro atoms. The van der Waals surface area contributed by atoms with Gasteiger partial charge in [-0.1, -0.05) is 6.07 Å². The van der Waals surface area contributed by atoms with Crippen LogP contribution in [0.2, 0.25) is 0 Å². The molecule has 0 aliphatic carbocycles. The third kappa shape index (κ3) is 2.12. The van der Waals surface area contributed by atoms with Gasteiger partial charge in [0.2, 0.25) is 0 Å². The molecule has 0 aliphatic heterocycles. The van der Waals surface area contributed by atoms with Crippen LogP contribution in [0, 0.1) is 0 Å². The van der Waals surface area contributed by atoms with Gasteiger partial charge >= 0.3 is 0 Å². The Labute approximate surface area is 90.8 Å². The normalized spacial score (nSPS) is 9.36. The number of para-hydroxylation sites is 1. The highest BCUT2D eigenvalue weighted by Gasteiger charge is 2.03. The molecule has 0 fully saturated rings. The average molecular weight is 227 g/mol. The van der Waals surface area contributed by atoms with Crippen molar-refractivity contribution < 1.29 is 9.90 Å². The second-order valence-electron chi connectivity index (χ2n) is 2.29. The fourth-order valence-electron chi connectivity index (χ4n) is 1.00. The van der Waals surface area contributed by atoms with E-state index in [2.05, 4.69) is 17.6 Å². The summed E-state index contributed by atoms with van der Waals surface area (Å²) < 4.78 is 1.00. The molecule has 0 amide bonds. The van der Waals surface area contributed by atoms with Crippen LogP contribution in [-0.2, 0) is 0 Å². The lowest BCUT2D eigenvalue weighted by molar-refractivity contribution is 0.112. The van der Waals surface area contributed by atoms with Gasteiger partial charge in [0.05, 0.1) is 10.2 Å². The highest BCUT2D eigenvalue weighted by Crippen LogP contribution is 2.25. The van der Waals surface area contributed by atoms with Crippen molar-refractivity contribution in [2.75, 3.05) is 7.11 Å². The highest BCUT2D eigenvalue weighted by molar-refractivity contribution is 7.80. The quantitative estimate of drug-likeness (QED) is 0.579. The number of aromatic nitrogens is 1. The lowest BCUT2D eigenvalue weighted by Crippen LogP contribution is -1.74. The Bertz CT molecular complexity index is 439. The molecule has 1 aromatic heterocycles. The van der Waals surface area contributed by atoms with Gasteiger partial charge in [0.25, 0.3) is 0 Å². The van der Waals surface area contributed by atoms with E-state index in [1.54, 1.807) is 0 Å². The number of thiol groups is 1. The summed E-state index contributed by atoms with van der Waals surface area (Å²) in [6.07, 6.45) is 0.762. The molecule has 0 unspecified atom stereocenters. The standard InChI is InChI=1S/C8H5NOS2.CH4O/c10-4-7-9-8-5(11)2-1-3-6(8)12-7;1-2/h1-4,11H;2H,1H3. The van der Waals surface area contributed by atoms with Gasteiger partial charge < -0.3 is 5.11 Å². The Hall–Kier alpha value is -0.910. The number of nitrogens with zero attached hydrogens (tertiary/aromatic N) is 1. The van der Waals surface area contributed by atoms with Gasteiger partial charge in [-0.3, -0.25) is 4.79 Å². The summed E-state index contributed by atoms with van der Waals surface area (Å²) in [6.45, 7) is 0. The number of rotatable bonds is 1. The number of carbonyl (C=O) groups excluding carboxylic acids is 1. The maximum absolute atomic E-state index is 10.4. The van der Waals surface area contributed by atoms with E-state index >= 15 is 0 Å². The van der Waals surface area contributed by atoms with Crippen molar-refractivity contribution in [3.8, 4) is 0 Å². The van der Waals surface area contributed by atoms with Crippen LogP contribution in [0.5, 0.6) is 0 Å². The van der Waals surface area contributed by atoms with Crippen LogP contribution >= 0.6 is 24.0 Å². The van der Waals surface area contributed by atoms with E-state index in [1.807, 2.05) is 18.2 Å². The minimum atomic E-state index is 0.506. The van der Waals surface area contributed by atoms with Gasteiger partial charge in [0, 0.05) is 12.0 Å². The van der Waals surface area contributed by atoms with E-state index in [1.165, 1.54) is 11.3 Å². The van der Waals surface area contributed by atoms with E-state index in [0.29, 0.717) is 5.01 Å². The first-order chi connectivity index (χ1) is 6.81. The van der Waals surface area contributed by atoms with Gasteiger partial charge in [0.1, 0.15) is 0 Å². The van der Waals surface area contributed by atoms with Crippen molar-refractivity contribution in [3.63, 3.8) is 0 Å². The number of thiazole rings is 1. The Morgan fingerprint density at radius 1 is 1.50 bits per heavy atom. The number of hydrogen-bond donors (Lipinski definition) is 2. The summed E-state index contributed by atoms with van der Waals surface area (Å²) in [5.41, 5.74) is 0.813. The van der Waals surface area contributed by atoms with Gasteiger partial charge in [-0.2, -0.15) is 0 Å². The first-order valence-corrected chi connectivity index (χ1v) is 5.06. The van der Waals surface area contributed by atoms with E-state index in [0.717, 1.165) is 28.5 Å². The van der Waals surface area contributed by atoms with Crippen molar-refractivity contribution in [3.05, 3.63) is 23.2 Å². The van der Waals surface area contributed by atoms with E-state index < -0.39 is 0 Å². The maximum Gasteiger partial charge on any atom is 0.178 e. The zero-order valence-electron chi connectivity index (χ0n) is 7.47. The minimum Gasteiger partial charge on any atom is -0.400 e. The van der Waals surface area contributed by atoms with Gasteiger partial charge in [-0.05, 0) is 12.1 Å². The van der Waals surface area contributed by atoms with Crippen LogP contribution in [0.4, 0.5) is 0 Å². The third-order valence-electron chi connectivity index (χ3n) is 1.52. The van der Waals surface area contributed by atoms with Crippen molar-refractivity contribution >= 4 is 40.5 Å². The monoisotopic (exact) mass is 227 g/mol. The molecule has 3 nitrogen and oxygen atoms in total. The molecule has 14 heavy (non-hydrogen) atoms. The molecule has 0 bridgehead atoms. The molecule has 0 saturated carbocycles. The summed E-state index contributed by atoms with van der Waals surface area (Å²) in [7, 11) is 1.00. The Balaban J connectivity index is 0.000000461.